The molecule has 1 heteroatoms. The third kappa shape index (κ3) is 1.98. The highest BCUT2D eigenvalue weighted by Crippen LogP contribution is 2.66. The van der Waals surface area contributed by atoms with Crippen LogP contribution in [-0.2, 0) is 0 Å². The minimum Gasteiger partial charge on any atom is -0.314 e. The van der Waals surface area contributed by atoms with E-state index in [0.717, 1.165) is 11.3 Å². The Hall–Kier alpha value is -0.0400. The van der Waals surface area contributed by atoms with Gasteiger partial charge in [0.15, 0.2) is 0 Å². The Morgan fingerprint density at radius 1 is 1.29 bits per heavy atom. The molecule has 2 aliphatic rings. The first kappa shape index (κ1) is 10.5. The van der Waals surface area contributed by atoms with Crippen LogP contribution in [0.4, 0.5) is 0 Å². The zero-order valence-electron chi connectivity index (χ0n) is 10.2. The van der Waals surface area contributed by atoms with Crippen LogP contribution >= 0.6 is 0 Å². The average Bonchev–Trinajstić information content (AvgIpc) is 2.61. The van der Waals surface area contributed by atoms with E-state index in [1.165, 1.54) is 32.2 Å². The summed E-state index contributed by atoms with van der Waals surface area (Å²) in [5.41, 5.74) is 1.40. The van der Waals surface area contributed by atoms with E-state index in [-0.39, 0.29) is 0 Å². The van der Waals surface area contributed by atoms with Crippen LogP contribution in [0.15, 0.2) is 0 Å². The highest BCUT2D eigenvalue weighted by atomic mass is 14.9. The lowest BCUT2D eigenvalue weighted by Crippen LogP contribution is -2.26. The lowest BCUT2D eigenvalue weighted by atomic mass is 9.89. The Bertz CT molecular complexity index is 219. The molecule has 0 bridgehead atoms. The maximum Gasteiger partial charge on any atom is 0.00104 e. The van der Waals surface area contributed by atoms with Crippen LogP contribution < -0.4 is 5.32 Å². The minimum absolute atomic E-state index is 0.632. The van der Waals surface area contributed by atoms with Crippen molar-refractivity contribution in [2.45, 2.75) is 59.4 Å². The topological polar surface area (TPSA) is 12.0 Å². The quantitative estimate of drug-likeness (QED) is 0.729. The van der Waals surface area contributed by atoms with Gasteiger partial charge >= 0.3 is 0 Å². The van der Waals surface area contributed by atoms with Crippen molar-refractivity contribution in [2.75, 3.05) is 6.54 Å². The number of hydrogen-bond donors (Lipinski definition) is 1. The van der Waals surface area contributed by atoms with Gasteiger partial charge in [-0.2, -0.15) is 0 Å². The van der Waals surface area contributed by atoms with Crippen LogP contribution in [0.25, 0.3) is 0 Å². The van der Waals surface area contributed by atoms with Gasteiger partial charge in [0.25, 0.3) is 0 Å². The zero-order valence-corrected chi connectivity index (χ0v) is 10.2. The molecule has 82 valence electrons. The highest BCUT2D eigenvalue weighted by Gasteiger charge is 2.58. The van der Waals surface area contributed by atoms with Crippen molar-refractivity contribution in [1.82, 2.24) is 5.32 Å². The van der Waals surface area contributed by atoms with E-state index in [2.05, 4.69) is 33.0 Å². The van der Waals surface area contributed by atoms with Gasteiger partial charge in [0, 0.05) is 6.04 Å². The van der Waals surface area contributed by atoms with E-state index in [4.69, 9.17) is 0 Å². The minimum atomic E-state index is 0.632. The maximum absolute atomic E-state index is 3.59. The summed E-state index contributed by atoms with van der Waals surface area (Å²) < 4.78 is 0. The van der Waals surface area contributed by atoms with Gasteiger partial charge in [-0.3, -0.25) is 0 Å². The predicted octanol–water partition coefficient (Wildman–Crippen LogP) is 3.20. The number of rotatable bonds is 3. The third-order valence-corrected chi connectivity index (χ3v) is 4.26. The standard InChI is InChI=1S/C13H25N/c1-10(2)14-8-11-7-13(11)6-5-12(3,4)9-13/h10-11,14H,5-9H2,1-4H3. The Labute approximate surface area is 88.7 Å². The Balaban J connectivity index is 1.80. The summed E-state index contributed by atoms with van der Waals surface area (Å²) in [6.45, 7) is 10.6. The fourth-order valence-electron chi connectivity index (χ4n) is 3.34. The van der Waals surface area contributed by atoms with E-state index >= 15 is 0 Å². The van der Waals surface area contributed by atoms with Crippen molar-refractivity contribution in [3.8, 4) is 0 Å². The van der Waals surface area contributed by atoms with Crippen molar-refractivity contribution in [1.29, 1.82) is 0 Å². The van der Waals surface area contributed by atoms with Crippen molar-refractivity contribution >= 4 is 0 Å². The van der Waals surface area contributed by atoms with Crippen LogP contribution in [0.1, 0.15) is 53.4 Å². The molecule has 0 aromatic heterocycles. The van der Waals surface area contributed by atoms with Crippen LogP contribution in [0, 0.1) is 16.7 Å². The van der Waals surface area contributed by atoms with Gasteiger partial charge in [-0.15, -0.1) is 0 Å². The number of hydrogen-bond acceptors (Lipinski definition) is 1. The van der Waals surface area contributed by atoms with E-state index in [0.29, 0.717) is 11.5 Å². The fraction of sp³-hybridized carbons (Fsp3) is 1.00. The molecule has 2 fully saturated rings. The first-order valence-corrected chi connectivity index (χ1v) is 6.17. The van der Waals surface area contributed by atoms with Crippen molar-refractivity contribution in [2.24, 2.45) is 16.7 Å². The van der Waals surface area contributed by atoms with Crippen LogP contribution in [0.3, 0.4) is 0 Å². The second kappa shape index (κ2) is 3.23. The molecule has 1 spiro atoms. The van der Waals surface area contributed by atoms with Crippen molar-refractivity contribution in [3.63, 3.8) is 0 Å². The second-order valence-corrected chi connectivity index (χ2v) is 6.67. The monoisotopic (exact) mass is 195 g/mol. The SMILES string of the molecule is CC(C)NCC1CC12CCC(C)(C)C2. The zero-order chi connectivity index (χ0) is 10.4. The summed E-state index contributed by atoms with van der Waals surface area (Å²) >= 11 is 0. The molecule has 0 aromatic rings. The van der Waals surface area contributed by atoms with E-state index in [1.54, 1.807) is 0 Å². The lowest BCUT2D eigenvalue weighted by molar-refractivity contribution is 0.338. The summed E-state index contributed by atoms with van der Waals surface area (Å²) in [6.07, 6.45) is 5.91. The largest absolute Gasteiger partial charge is 0.314 e. The molecule has 0 heterocycles. The van der Waals surface area contributed by atoms with Crippen molar-refractivity contribution < 1.29 is 0 Å². The van der Waals surface area contributed by atoms with Gasteiger partial charge in [0.1, 0.15) is 0 Å². The summed E-state index contributed by atoms with van der Waals surface area (Å²) in [5, 5.41) is 3.59. The summed E-state index contributed by atoms with van der Waals surface area (Å²) in [4.78, 5) is 0. The molecule has 2 rings (SSSR count). The molecule has 2 unspecified atom stereocenters. The Kier molecular flexibility index (Phi) is 2.42. The molecule has 14 heavy (non-hydrogen) atoms. The molecular weight excluding hydrogens is 170 g/mol. The molecule has 0 amide bonds. The molecule has 0 saturated heterocycles. The molecule has 0 aliphatic heterocycles. The molecule has 2 atom stereocenters. The van der Waals surface area contributed by atoms with Crippen molar-refractivity contribution in [3.05, 3.63) is 0 Å². The van der Waals surface area contributed by atoms with E-state index < -0.39 is 0 Å². The molecule has 0 aromatic carbocycles. The molecule has 1 nitrogen and oxygen atoms in total. The van der Waals surface area contributed by atoms with Gasteiger partial charge in [0.2, 0.25) is 0 Å². The second-order valence-electron chi connectivity index (χ2n) is 6.67. The normalized spacial score (nSPS) is 39.6. The summed E-state index contributed by atoms with van der Waals surface area (Å²) in [7, 11) is 0. The van der Waals surface area contributed by atoms with E-state index in [1.807, 2.05) is 0 Å². The Morgan fingerprint density at radius 2 is 2.00 bits per heavy atom. The van der Waals surface area contributed by atoms with Gasteiger partial charge in [-0.05, 0) is 49.0 Å². The predicted molar refractivity (Wildman–Crippen MR) is 61.3 cm³/mol. The smallest absolute Gasteiger partial charge is 0.00104 e. The average molecular weight is 195 g/mol. The molecule has 1 N–H and O–H groups in total. The van der Waals surface area contributed by atoms with Gasteiger partial charge in [-0.1, -0.05) is 27.7 Å². The summed E-state index contributed by atoms with van der Waals surface area (Å²) in [5.74, 6) is 0.992. The third-order valence-electron chi connectivity index (χ3n) is 4.26. The number of nitrogens with one attached hydrogen (secondary N) is 1. The lowest BCUT2D eigenvalue weighted by Gasteiger charge is -2.17. The molecule has 2 saturated carbocycles. The van der Waals surface area contributed by atoms with Crippen LogP contribution in [0.2, 0.25) is 0 Å². The van der Waals surface area contributed by atoms with Gasteiger partial charge in [0.05, 0.1) is 0 Å². The maximum atomic E-state index is 3.59. The van der Waals surface area contributed by atoms with E-state index in [9.17, 15) is 0 Å². The molecular formula is C13H25N. The highest BCUT2D eigenvalue weighted by molar-refractivity contribution is 5.09. The summed E-state index contributed by atoms with van der Waals surface area (Å²) in [6, 6.07) is 0.655. The fourth-order valence-corrected chi connectivity index (χ4v) is 3.34. The van der Waals surface area contributed by atoms with Crippen LogP contribution in [0.5, 0.6) is 0 Å². The van der Waals surface area contributed by atoms with Gasteiger partial charge < -0.3 is 5.32 Å². The first-order chi connectivity index (χ1) is 6.44. The molecule has 2 aliphatic carbocycles. The first-order valence-electron chi connectivity index (χ1n) is 6.17. The molecule has 0 radical (unpaired) electrons. The van der Waals surface area contributed by atoms with Crippen LogP contribution in [-0.4, -0.2) is 12.6 Å². The van der Waals surface area contributed by atoms with Gasteiger partial charge in [-0.25, -0.2) is 0 Å². The Morgan fingerprint density at radius 3 is 2.50 bits per heavy atom.